The van der Waals surface area contributed by atoms with E-state index in [4.69, 9.17) is 0 Å². The molecule has 1 heterocycles. The van der Waals surface area contributed by atoms with Crippen molar-refractivity contribution in [3.05, 3.63) is 29.6 Å². The summed E-state index contributed by atoms with van der Waals surface area (Å²) in [5, 5.41) is 3.45. The normalized spacial score (nSPS) is 24.9. The van der Waals surface area contributed by atoms with Crippen molar-refractivity contribution < 1.29 is 4.39 Å². The first-order valence-corrected chi connectivity index (χ1v) is 8.37. The summed E-state index contributed by atoms with van der Waals surface area (Å²) >= 11 is 0. The van der Waals surface area contributed by atoms with Gasteiger partial charge in [-0.15, -0.1) is 0 Å². The summed E-state index contributed by atoms with van der Waals surface area (Å²) in [4.78, 5) is 2.49. The Morgan fingerprint density at radius 2 is 1.95 bits per heavy atom. The van der Waals surface area contributed by atoms with Gasteiger partial charge in [0.1, 0.15) is 5.82 Å². The largest absolute Gasteiger partial charge is 0.371 e. The number of halogens is 1. The molecule has 1 aliphatic carbocycles. The number of anilines is 1. The summed E-state index contributed by atoms with van der Waals surface area (Å²) in [6.07, 6.45) is 4.15. The van der Waals surface area contributed by atoms with Crippen LogP contribution in [0.4, 0.5) is 10.1 Å². The predicted molar refractivity (Wildman–Crippen MR) is 86.0 cm³/mol. The SMILES string of the molecule is CC(C)CNCc1cc(F)ccc1N1CC2CCCC2C1. The fourth-order valence-corrected chi connectivity index (χ4v) is 3.93. The molecule has 1 N–H and O–H groups in total. The van der Waals surface area contributed by atoms with Gasteiger partial charge in [-0.25, -0.2) is 4.39 Å². The molecule has 2 fully saturated rings. The van der Waals surface area contributed by atoms with Crippen molar-refractivity contribution >= 4 is 5.69 Å². The maximum absolute atomic E-state index is 13.6. The van der Waals surface area contributed by atoms with Crippen LogP contribution in [0.25, 0.3) is 0 Å². The van der Waals surface area contributed by atoms with E-state index in [1.807, 2.05) is 6.07 Å². The third kappa shape index (κ3) is 3.39. The van der Waals surface area contributed by atoms with Crippen LogP contribution >= 0.6 is 0 Å². The molecule has 0 bridgehead atoms. The number of fused-ring (bicyclic) bond motifs is 1. The van der Waals surface area contributed by atoms with E-state index in [-0.39, 0.29) is 5.82 Å². The van der Waals surface area contributed by atoms with Crippen molar-refractivity contribution in [1.82, 2.24) is 5.32 Å². The first-order valence-electron chi connectivity index (χ1n) is 8.37. The molecule has 21 heavy (non-hydrogen) atoms. The molecule has 2 nitrogen and oxygen atoms in total. The molecule has 2 unspecified atom stereocenters. The van der Waals surface area contributed by atoms with E-state index in [9.17, 15) is 4.39 Å². The highest BCUT2D eigenvalue weighted by molar-refractivity contribution is 5.55. The van der Waals surface area contributed by atoms with E-state index in [0.29, 0.717) is 5.92 Å². The van der Waals surface area contributed by atoms with Crippen molar-refractivity contribution in [2.24, 2.45) is 17.8 Å². The summed E-state index contributed by atoms with van der Waals surface area (Å²) in [5.74, 6) is 2.23. The second kappa shape index (κ2) is 6.35. The molecule has 1 aromatic rings. The minimum Gasteiger partial charge on any atom is -0.371 e. The molecule has 3 heteroatoms. The lowest BCUT2D eigenvalue weighted by atomic mass is 10.0. The maximum Gasteiger partial charge on any atom is 0.123 e. The number of nitrogens with zero attached hydrogens (tertiary/aromatic N) is 1. The highest BCUT2D eigenvalue weighted by Crippen LogP contribution is 2.40. The van der Waals surface area contributed by atoms with Gasteiger partial charge in [-0.3, -0.25) is 0 Å². The maximum atomic E-state index is 13.6. The fourth-order valence-electron chi connectivity index (χ4n) is 3.93. The number of hydrogen-bond acceptors (Lipinski definition) is 2. The van der Waals surface area contributed by atoms with Gasteiger partial charge in [-0.2, -0.15) is 0 Å². The van der Waals surface area contributed by atoms with Crippen LogP contribution in [0.5, 0.6) is 0 Å². The van der Waals surface area contributed by atoms with Crippen LogP contribution in [-0.2, 0) is 6.54 Å². The van der Waals surface area contributed by atoms with Crippen molar-refractivity contribution in [2.75, 3.05) is 24.5 Å². The van der Waals surface area contributed by atoms with E-state index in [1.165, 1.54) is 24.9 Å². The summed E-state index contributed by atoms with van der Waals surface area (Å²) in [7, 11) is 0. The Hall–Kier alpha value is -1.09. The Morgan fingerprint density at radius 1 is 1.24 bits per heavy atom. The monoisotopic (exact) mass is 290 g/mol. The molecular weight excluding hydrogens is 263 g/mol. The van der Waals surface area contributed by atoms with Crippen molar-refractivity contribution in [1.29, 1.82) is 0 Å². The van der Waals surface area contributed by atoms with E-state index in [1.54, 1.807) is 12.1 Å². The molecule has 0 aromatic heterocycles. The Balaban J connectivity index is 1.72. The van der Waals surface area contributed by atoms with Crippen LogP contribution < -0.4 is 10.2 Å². The van der Waals surface area contributed by atoms with Gasteiger partial charge in [0.05, 0.1) is 0 Å². The van der Waals surface area contributed by atoms with E-state index >= 15 is 0 Å². The second-order valence-corrected chi connectivity index (χ2v) is 7.15. The molecule has 2 aliphatic rings. The fraction of sp³-hybridized carbons (Fsp3) is 0.667. The lowest BCUT2D eigenvalue weighted by molar-refractivity contribution is 0.494. The summed E-state index contributed by atoms with van der Waals surface area (Å²) in [5.41, 5.74) is 2.35. The third-order valence-electron chi connectivity index (χ3n) is 4.98. The molecule has 1 saturated carbocycles. The average Bonchev–Trinajstić information content (AvgIpc) is 2.99. The predicted octanol–water partition coefficient (Wildman–Crippen LogP) is 3.81. The van der Waals surface area contributed by atoms with Crippen LogP contribution in [0.15, 0.2) is 18.2 Å². The van der Waals surface area contributed by atoms with Crippen LogP contribution in [0, 0.1) is 23.6 Å². The van der Waals surface area contributed by atoms with Crippen molar-refractivity contribution in [2.45, 2.75) is 39.7 Å². The zero-order valence-corrected chi connectivity index (χ0v) is 13.2. The Bertz CT molecular complexity index is 474. The molecular formula is C18H27FN2. The molecule has 0 spiro atoms. The van der Waals surface area contributed by atoms with Gasteiger partial charge in [0.15, 0.2) is 0 Å². The van der Waals surface area contributed by atoms with Gasteiger partial charge < -0.3 is 10.2 Å². The number of benzene rings is 1. The van der Waals surface area contributed by atoms with Crippen molar-refractivity contribution in [3.63, 3.8) is 0 Å². The number of nitrogens with one attached hydrogen (secondary N) is 1. The highest BCUT2D eigenvalue weighted by Gasteiger charge is 2.36. The Labute approximate surface area is 127 Å². The van der Waals surface area contributed by atoms with Crippen LogP contribution in [0.3, 0.4) is 0 Å². The van der Waals surface area contributed by atoms with Crippen LogP contribution in [-0.4, -0.2) is 19.6 Å². The Morgan fingerprint density at radius 3 is 2.62 bits per heavy atom. The lowest BCUT2D eigenvalue weighted by Gasteiger charge is -2.23. The highest BCUT2D eigenvalue weighted by atomic mass is 19.1. The quantitative estimate of drug-likeness (QED) is 0.887. The smallest absolute Gasteiger partial charge is 0.123 e. The van der Waals surface area contributed by atoms with E-state index < -0.39 is 0 Å². The van der Waals surface area contributed by atoms with Gasteiger partial charge in [-0.05, 0) is 60.9 Å². The molecule has 1 aromatic carbocycles. The lowest BCUT2D eigenvalue weighted by Crippen LogP contribution is -2.25. The summed E-state index contributed by atoms with van der Waals surface area (Å²) in [6, 6.07) is 5.29. The number of hydrogen-bond donors (Lipinski definition) is 1. The van der Waals surface area contributed by atoms with Gasteiger partial charge in [0, 0.05) is 25.3 Å². The minimum atomic E-state index is -0.125. The zero-order chi connectivity index (χ0) is 14.8. The first-order chi connectivity index (χ1) is 10.1. The molecule has 116 valence electrons. The van der Waals surface area contributed by atoms with Gasteiger partial charge in [0.2, 0.25) is 0 Å². The topological polar surface area (TPSA) is 15.3 Å². The van der Waals surface area contributed by atoms with Crippen molar-refractivity contribution in [3.8, 4) is 0 Å². The molecule has 0 amide bonds. The second-order valence-electron chi connectivity index (χ2n) is 7.15. The van der Waals surface area contributed by atoms with Gasteiger partial charge in [-0.1, -0.05) is 20.3 Å². The summed E-state index contributed by atoms with van der Waals surface area (Å²) < 4.78 is 13.6. The van der Waals surface area contributed by atoms with E-state index in [0.717, 1.165) is 43.6 Å². The molecule has 2 atom stereocenters. The molecule has 0 radical (unpaired) electrons. The van der Waals surface area contributed by atoms with Crippen LogP contribution in [0.2, 0.25) is 0 Å². The van der Waals surface area contributed by atoms with E-state index in [2.05, 4.69) is 24.1 Å². The molecule has 1 aliphatic heterocycles. The zero-order valence-electron chi connectivity index (χ0n) is 13.2. The minimum absolute atomic E-state index is 0.125. The third-order valence-corrected chi connectivity index (χ3v) is 4.98. The number of rotatable bonds is 5. The first kappa shape index (κ1) is 14.8. The molecule has 3 rings (SSSR count). The Kier molecular flexibility index (Phi) is 4.48. The van der Waals surface area contributed by atoms with Gasteiger partial charge in [0.25, 0.3) is 0 Å². The van der Waals surface area contributed by atoms with Gasteiger partial charge >= 0.3 is 0 Å². The summed E-state index contributed by atoms with van der Waals surface area (Å²) in [6.45, 7) is 8.45. The standard InChI is InChI=1S/C18H27FN2/c1-13(2)9-20-10-16-8-17(19)6-7-18(16)21-11-14-4-3-5-15(14)12-21/h6-8,13-15,20H,3-5,9-12H2,1-2H3. The average molecular weight is 290 g/mol. The molecule has 1 saturated heterocycles. The van der Waals surface area contributed by atoms with Crippen LogP contribution in [0.1, 0.15) is 38.7 Å².